The minimum atomic E-state index is -0.544. The van der Waals surface area contributed by atoms with Crippen molar-refractivity contribution in [1.29, 1.82) is 0 Å². The highest BCUT2D eigenvalue weighted by Crippen LogP contribution is 2.28. The Morgan fingerprint density at radius 3 is 2.37 bits per heavy atom. The number of anilines is 1. The van der Waals surface area contributed by atoms with Gasteiger partial charge in [0.2, 0.25) is 0 Å². The highest BCUT2D eigenvalue weighted by Gasteiger charge is 2.35. The van der Waals surface area contributed by atoms with Crippen LogP contribution in [0.4, 0.5) is 5.69 Å². The summed E-state index contributed by atoms with van der Waals surface area (Å²) in [5.74, 6) is -0.364. The number of hydrogen-bond donors (Lipinski definition) is 0. The number of Topliss-reactive ketones (excluding diaryl/α,β-unsaturated/α-hetero) is 1. The van der Waals surface area contributed by atoms with Gasteiger partial charge in [-0.3, -0.25) is 14.5 Å². The zero-order valence-electron chi connectivity index (χ0n) is 10.1. The number of ether oxygens (including phenoxy) is 1. The number of rotatable bonds is 3. The number of amides is 1. The third-order valence-corrected chi connectivity index (χ3v) is 2.98. The first-order valence-electron chi connectivity index (χ1n) is 5.90. The second kappa shape index (κ2) is 4.57. The Kier molecular flexibility index (Phi) is 2.76. The summed E-state index contributed by atoms with van der Waals surface area (Å²) in [6.45, 7) is 0.0333. The molecule has 1 aliphatic heterocycles. The summed E-state index contributed by atoms with van der Waals surface area (Å²) in [7, 11) is 0. The lowest BCUT2D eigenvalue weighted by Crippen LogP contribution is -2.33. The molecule has 1 amide bonds. The molecule has 0 saturated carbocycles. The number of carbonyl (C=O) groups excluding carboxylic acids is 2. The summed E-state index contributed by atoms with van der Waals surface area (Å²) in [4.78, 5) is 25.0. The molecule has 0 saturated heterocycles. The van der Waals surface area contributed by atoms with E-state index >= 15 is 0 Å². The van der Waals surface area contributed by atoms with Crippen LogP contribution in [0.2, 0.25) is 0 Å². The maximum absolute atomic E-state index is 11.9. The first-order valence-corrected chi connectivity index (χ1v) is 5.90. The predicted molar refractivity (Wildman–Crippen MR) is 70.2 cm³/mol. The van der Waals surface area contributed by atoms with Crippen LogP contribution in [0.1, 0.15) is 10.4 Å². The van der Waals surface area contributed by atoms with E-state index in [9.17, 15) is 9.59 Å². The summed E-state index contributed by atoms with van der Waals surface area (Å²) in [5.41, 5.74) is 1.04. The molecule has 0 atom stereocenters. The highest BCUT2D eigenvalue weighted by molar-refractivity contribution is 6.52. The van der Waals surface area contributed by atoms with Gasteiger partial charge >= 0.3 is 5.91 Å². The van der Waals surface area contributed by atoms with E-state index in [1.807, 2.05) is 18.2 Å². The Hall–Kier alpha value is -2.62. The lowest BCUT2D eigenvalue weighted by Gasteiger charge is -2.17. The fraction of sp³-hybridized carbons (Fsp3) is 0.0667. The lowest BCUT2D eigenvalue weighted by molar-refractivity contribution is -0.114. The van der Waals surface area contributed by atoms with Gasteiger partial charge in [0.1, 0.15) is 5.75 Å². The molecule has 0 radical (unpaired) electrons. The molecule has 94 valence electrons. The Morgan fingerprint density at radius 1 is 0.895 bits per heavy atom. The number of benzene rings is 2. The van der Waals surface area contributed by atoms with Crippen LogP contribution in [-0.4, -0.2) is 18.4 Å². The van der Waals surface area contributed by atoms with Gasteiger partial charge in [-0.2, -0.15) is 0 Å². The molecule has 0 bridgehead atoms. The molecular weight excluding hydrogens is 242 g/mol. The first-order chi connectivity index (χ1) is 9.27. The van der Waals surface area contributed by atoms with Gasteiger partial charge in [-0.25, -0.2) is 0 Å². The number of para-hydroxylation sites is 2. The van der Waals surface area contributed by atoms with Crippen LogP contribution in [0.3, 0.4) is 0 Å². The topological polar surface area (TPSA) is 46.6 Å². The molecule has 2 aromatic rings. The Labute approximate surface area is 110 Å². The zero-order chi connectivity index (χ0) is 13.2. The largest absolute Gasteiger partial charge is 0.473 e. The average molecular weight is 253 g/mol. The van der Waals surface area contributed by atoms with Gasteiger partial charge in [0.15, 0.2) is 6.73 Å². The molecule has 0 aliphatic carbocycles. The third-order valence-electron chi connectivity index (χ3n) is 2.98. The SMILES string of the molecule is O=C1C(=O)N(COc2ccccc2)c2ccccc21. The lowest BCUT2D eigenvalue weighted by atomic mass is 10.1. The van der Waals surface area contributed by atoms with Gasteiger partial charge in [-0.05, 0) is 24.3 Å². The van der Waals surface area contributed by atoms with Crippen LogP contribution in [0.25, 0.3) is 0 Å². The van der Waals surface area contributed by atoms with Gasteiger partial charge < -0.3 is 4.74 Å². The molecule has 1 aliphatic rings. The molecule has 0 fully saturated rings. The Bertz CT molecular complexity index is 637. The minimum absolute atomic E-state index is 0.0333. The smallest absolute Gasteiger partial charge is 0.302 e. The fourth-order valence-corrected chi connectivity index (χ4v) is 2.03. The first kappa shape index (κ1) is 11.5. The third kappa shape index (κ3) is 1.97. The van der Waals surface area contributed by atoms with Crippen LogP contribution in [0, 0.1) is 0 Å². The molecule has 19 heavy (non-hydrogen) atoms. The van der Waals surface area contributed by atoms with E-state index in [2.05, 4.69) is 0 Å². The number of carbonyl (C=O) groups is 2. The molecule has 0 spiro atoms. The van der Waals surface area contributed by atoms with Crippen molar-refractivity contribution in [2.24, 2.45) is 0 Å². The number of hydrogen-bond acceptors (Lipinski definition) is 3. The van der Waals surface area contributed by atoms with Crippen molar-refractivity contribution in [3.05, 3.63) is 60.2 Å². The van der Waals surface area contributed by atoms with E-state index in [0.717, 1.165) is 0 Å². The molecule has 2 aromatic carbocycles. The van der Waals surface area contributed by atoms with E-state index in [0.29, 0.717) is 17.0 Å². The van der Waals surface area contributed by atoms with E-state index in [1.165, 1.54) is 4.90 Å². The molecule has 4 heteroatoms. The van der Waals surface area contributed by atoms with Crippen molar-refractivity contribution in [1.82, 2.24) is 0 Å². The zero-order valence-corrected chi connectivity index (χ0v) is 10.1. The molecule has 0 N–H and O–H groups in total. The van der Waals surface area contributed by atoms with Crippen molar-refractivity contribution in [2.45, 2.75) is 0 Å². The van der Waals surface area contributed by atoms with Crippen LogP contribution in [0.5, 0.6) is 5.75 Å². The second-order valence-electron chi connectivity index (χ2n) is 4.17. The number of ketones is 1. The van der Waals surface area contributed by atoms with Crippen molar-refractivity contribution in [3.63, 3.8) is 0 Å². The van der Waals surface area contributed by atoms with Crippen molar-refractivity contribution >= 4 is 17.4 Å². The van der Waals surface area contributed by atoms with Gasteiger partial charge in [-0.15, -0.1) is 0 Å². The van der Waals surface area contributed by atoms with Gasteiger partial charge in [0.25, 0.3) is 5.78 Å². The molecule has 0 aromatic heterocycles. The quantitative estimate of drug-likeness (QED) is 0.788. The summed E-state index contributed by atoms with van der Waals surface area (Å²) >= 11 is 0. The maximum Gasteiger partial charge on any atom is 0.302 e. The van der Waals surface area contributed by atoms with Crippen molar-refractivity contribution in [3.8, 4) is 5.75 Å². The minimum Gasteiger partial charge on any atom is -0.473 e. The average Bonchev–Trinajstić information content (AvgIpc) is 2.71. The fourth-order valence-electron chi connectivity index (χ4n) is 2.03. The van der Waals surface area contributed by atoms with E-state index < -0.39 is 11.7 Å². The van der Waals surface area contributed by atoms with Gasteiger partial charge in [-0.1, -0.05) is 30.3 Å². The van der Waals surface area contributed by atoms with Crippen molar-refractivity contribution in [2.75, 3.05) is 11.6 Å². The van der Waals surface area contributed by atoms with Gasteiger partial charge in [0, 0.05) is 0 Å². The standard InChI is InChI=1S/C15H11NO3/c17-14-12-8-4-5-9-13(12)16(15(14)18)10-19-11-6-2-1-3-7-11/h1-9H,10H2. The molecule has 4 nitrogen and oxygen atoms in total. The summed E-state index contributed by atoms with van der Waals surface area (Å²) < 4.78 is 5.52. The Morgan fingerprint density at radius 2 is 1.58 bits per heavy atom. The highest BCUT2D eigenvalue weighted by atomic mass is 16.5. The maximum atomic E-state index is 11.9. The van der Waals surface area contributed by atoms with E-state index in [1.54, 1.807) is 36.4 Å². The van der Waals surface area contributed by atoms with E-state index in [-0.39, 0.29) is 6.73 Å². The summed E-state index contributed by atoms with van der Waals surface area (Å²) in [6, 6.07) is 16.1. The number of nitrogens with zero attached hydrogens (tertiary/aromatic N) is 1. The molecular formula is C15H11NO3. The molecule has 1 heterocycles. The summed E-state index contributed by atoms with van der Waals surface area (Å²) in [5, 5.41) is 0. The number of fused-ring (bicyclic) bond motifs is 1. The van der Waals surface area contributed by atoms with Crippen LogP contribution in [0.15, 0.2) is 54.6 Å². The van der Waals surface area contributed by atoms with Gasteiger partial charge in [0.05, 0.1) is 11.3 Å². The Balaban J connectivity index is 1.82. The second-order valence-corrected chi connectivity index (χ2v) is 4.17. The summed E-state index contributed by atoms with van der Waals surface area (Å²) in [6.07, 6.45) is 0. The monoisotopic (exact) mass is 253 g/mol. The van der Waals surface area contributed by atoms with Crippen LogP contribution in [-0.2, 0) is 4.79 Å². The van der Waals surface area contributed by atoms with Crippen molar-refractivity contribution < 1.29 is 14.3 Å². The molecule has 3 rings (SSSR count). The van der Waals surface area contributed by atoms with Crippen LogP contribution >= 0.6 is 0 Å². The van der Waals surface area contributed by atoms with E-state index in [4.69, 9.17) is 4.74 Å². The normalized spacial score (nSPS) is 13.6. The van der Waals surface area contributed by atoms with Crippen LogP contribution < -0.4 is 9.64 Å². The molecule has 0 unspecified atom stereocenters. The predicted octanol–water partition coefficient (Wildman–Crippen LogP) is 2.25.